The van der Waals surface area contributed by atoms with E-state index >= 15 is 0 Å². The van der Waals surface area contributed by atoms with Gasteiger partial charge in [-0.2, -0.15) is 4.31 Å². The van der Waals surface area contributed by atoms with E-state index in [9.17, 15) is 18.0 Å². The molecule has 1 heterocycles. The highest BCUT2D eigenvalue weighted by molar-refractivity contribution is 8.76. The van der Waals surface area contributed by atoms with E-state index in [1.54, 1.807) is 12.1 Å². The van der Waals surface area contributed by atoms with Crippen LogP contribution >= 0.6 is 21.6 Å². The first-order chi connectivity index (χ1) is 13.7. The number of carboxylic acids is 1. The molecule has 0 bridgehead atoms. The molecular weight excluding hydrogens is 432 g/mol. The summed E-state index contributed by atoms with van der Waals surface area (Å²) in [6.45, 7) is 5.04. The van der Waals surface area contributed by atoms with Crippen molar-refractivity contribution in [1.29, 1.82) is 0 Å². The van der Waals surface area contributed by atoms with E-state index in [4.69, 9.17) is 5.11 Å². The second-order valence-corrected chi connectivity index (χ2v) is 11.6. The van der Waals surface area contributed by atoms with Gasteiger partial charge in [0, 0.05) is 37.1 Å². The Hall–Kier alpha value is -1.23. The molecule has 7 nitrogen and oxygen atoms in total. The summed E-state index contributed by atoms with van der Waals surface area (Å²) in [6.07, 6.45) is 1.15. The summed E-state index contributed by atoms with van der Waals surface area (Å²) < 4.78 is 27.2. The number of nitrogens with one attached hydrogen (secondary N) is 1. The van der Waals surface area contributed by atoms with Crippen LogP contribution < -0.4 is 5.32 Å². The van der Waals surface area contributed by atoms with Gasteiger partial charge in [0.25, 0.3) is 0 Å². The van der Waals surface area contributed by atoms with Gasteiger partial charge in [-0.15, -0.1) is 0 Å². The molecule has 0 unspecified atom stereocenters. The van der Waals surface area contributed by atoms with Crippen LogP contribution in [0.1, 0.15) is 30.4 Å². The van der Waals surface area contributed by atoms with Gasteiger partial charge in [0.05, 0.1) is 11.3 Å². The Morgan fingerprint density at radius 3 is 2.41 bits per heavy atom. The maximum atomic E-state index is 12.9. The number of sulfonamides is 1. The second kappa shape index (κ2) is 11.2. The van der Waals surface area contributed by atoms with Gasteiger partial charge < -0.3 is 10.4 Å². The quantitative estimate of drug-likeness (QED) is 0.409. The van der Waals surface area contributed by atoms with Gasteiger partial charge in [0.2, 0.25) is 15.9 Å². The van der Waals surface area contributed by atoms with Gasteiger partial charge in [-0.05, 0) is 49.9 Å². The molecule has 10 heteroatoms. The van der Waals surface area contributed by atoms with Crippen LogP contribution in [0.25, 0.3) is 0 Å². The van der Waals surface area contributed by atoms with Gasteiger partial charge in [-0.25, -0.2) is 8.42 Å². The van der Waals surface area contributed by atoms with Crippen molar-refractivity contribution in [2.75, 3.05) is 31.1 Å². The van der Waals surface area contributed by atoms with E-state index in [0.29, 0.717) is 48.9 Å². The molecule has 29 heavy (non-hydrogen) atoms. The molecular formula is C19H28N2O5S3. The average Bonchev–Trinajstić information content (AvgIpc) is 2.69. The van der Waals surface area contributed by atoms with Crippen LogP contribution in [0.5, 0.6) is 0 Å². The molecule has 1 amide bonds. The third-order valence-electron chi connectivity index (χ3n) is 4.91. The number of nitrogens with zero attached hydrogens (tertiary/aromatic N) is 1. The van der Waals surface area contributed by atoms with Crippen molar-refractivity contribution in [1.82, 2.24) is 9.62 Å². The third kappa shape index (κ3) is 7.20. The number of carboxylic acid groups (broad SMARTS) is 1. The highest BCUT2D eigenvalue weighted by atomic mass is 33.1. The number of carbonyl (C=O) groups excluding carboxylic acids is 1. The van der Waals surface area contributed by atoms with Crippen LogP contribution in [-0.4, -0.2) is 60.8 Å². The van der Waals surface area contributed by atoms with Crippen LogP contribution in [0.15, 0.2) is 23.1 Å². The molecule has 0 spiro atoms. The molecule has 162 valence electrons. The zero-order valence-corrected chi connectivity index (χ0v) is 19.2. The molecule has 1 aliphatic heterocycles. The monoisotopic (exact) mass is 460 g/mol. The topological polar surface area (TPSA) is 104 Å². The minimum Gasteiger partial charge on any atom is -0.481 e. The fraction of sp³-hybridized carbons (Fsp3) is 0.579. The minimum absolute atomic E-state index is 0.0376. The van der Waals surface area contributed by atoms with E-state index in [1.165, 1.54) is 25.9 Å². The summed E-state index contributed by atoms with van der Waals surface area (Å²) in [5.74, 6) is 0.227. The maximum Gasteiger partial charge on any atom is 0.304 e. The molecule has 1 aromatic carbocycles. The number of amides is 1. The largest absolute Gasteiger partial charge is 0.481 e. The zero-order chi connectivity index (χ0) is 21.4. The minimum atomic E-state index is -3.53. The molecule has 0 saturated carbocycles. The Bertz CT molecular complexity index is 821. The Balaban J connectivity index is 1.74. The van der Waals surface area contributed by atoms with Crippen molar-refractivity contribution in [3.8, 4) is 0 Å². The molecule has 1 aliphatic rings. The normalized spacial score (nSPS) is 15.9. The Morgan fingerprint density at radius 1 is 1.14 bits per heavy atom. The number of carbonyl (C=O) groups is 2. The third-order valence-corrected chi connectivity index (χ3v) is 9.21. The summed E-state index contributed by atoms with van der Waals surface area (Å²) in [5.41, 5.74) is 2.00. The van der Waals surface area contributed by atoms with Crippen molar-refractivity contribution in [3.63, 3.8) is 0 Å². The summed E-state index contributed by atoms with van der Waals surface area (Å²) in [4.78, 5) is 23.0. The van der Waals surface area contributed by atoms with E-state index in [1.807, 2.05) is 19.9 Å². The van der Waals surface area contributed by atoms with E-state index in [0.717, 1.165) is 11.1 Å². The van der Waals surface area contributed by atoms with E-state index in [2.05, 4.69) is 5.32 Å². The van der Waals surface area contributed by atoms with Crippen molar-refractivity contribution >= 4 is 43.5 Å². The maximum absolute atomic E-state index is 12.9. The lowest BCUT2D eigenvalue weighted by Gasteiger charge is -2.30. The lowest BCUT2D eigenvalue weighted by atomic mass is 9.97. The summed E-state index contributed by atoms with van der Waals surface area (Å²) >= 11 is 0. The van der Waals surface area contributed by atoms with Crippen LogP contribution in [0.4, 0.5) is 0 Å². The number of rotatable bonds is 10. The summed E-state index contributed by atoms with van der Waals surface area (Å²) in [5, 5.41) is 11.5. The molecule has 1 saturated heterocycles. The molecule has 0 radical (unpaired) electrons. The SMILES string of the molecule is Cc1ccc(S(=O)(=O)N2CCC(C(=O)NCCSSCCC(=O)O)CC2)cc1C. The van der Waals surface area contributed by atoms with Gasteiger partial charge in [-0.1, -0.05) is 27.7 Å². The molecule has 2 rings (SSSR count). The number of aliphatic carboxylic acids is 1. The van der Waals surface area contributed by atoms with Crippen LogP contribution in [0.2, 0.25) is 0 Å². The summed E-state index contributed by atoms with van der Waals surface area (Å²) in [7, 11) is -0.511. The predicted octanol–water partition coefficient (Wildman–Crippen LogP) is 2.68. The molecule has 2 N–H and O–H groups in total. The van der Waals surface area contributed by atoms with Gasteiger partial charge in [0.1, 0.15) is 0 Å². The number of hydrogen-bond acceptors (Lipinski definition) is 6. The summed E-state index contributed by atoms with van der Waals surface area (Å²) in [6, 6.07) is 5.17. The molecule has 1 fully saturated rings. The van der Waals surface area contributed by atoms with Gasteiger partial charge >= 0.3 is 5.97 Å². The Morgan fingerprint density at radius 2 is 1.79 bits per heavy atom. The first kappa shape index (κ1) is 24.0. The second-order valence-electron chi connectivity index (χ2n) is 7.00. The number of aryl methyl sites for hydroxylation is 2. The lowest BCUT2D eigenvalue weighted by molar-refractivity contribution is -0.136. The fourth-order valence-corrected chi connectivity index (χ4v) is 6.43. The number of piperidine rings is 1. The van der Waals surface area contributed by atoms with Crippen molar-refractivity contribution in [3.05, 3.63) is 29.3 Å². The van der Waals surface area contributed by atoms with Crippen LogP contribution in [0, 0.1) is 19.8 Å². The standard InChI is InChI=1S/C19H28N2O5S3/c1-14-3-4-17(13-15(14)2)29(25,26)21-9-5-16(6-10-21)19(24)20-8-12-28-27-11-7-18(22)23/h3-4,13,16H,5-12H2,1-2H3,(H,20,24)(H,22,23). The smallest absolute Gasteiger partial charge is 0.304 e. The average molecular weight is 461 g/mol. The first-order valence-electron chi connectivity index (χ1n) is 9.53. The van der Waals surface area contributed by atoms with Crippen molar-refractivity contribution in [2.24, 2.45) is 5.92 Å². The zero-order valence-electron chi connectivity index (χ0n) is 16.7. The van der Waals surface area contributed by atoms with Crippen molar-refractivity contribution < 1.29 is 23.1 Å². The van der Waals surface area contributed by atoms with Gasteiger partial charge in [0.15, 0.2) is 0 Å². The molecule has 0 aromatic heterocycles. The Labute approximate surface area is 180 Å². The Kier molecular flexibility index (Phi) is 9.32. The van der Waals surface area contributed by atoms with E-state index in [-0.39, 0.29) is 18.2 Å². The lowest BCUT2D eigenvalue weighted by Crippen LogP contribution is -2.43. The van der Waals surface area contributed by atoms with Crippen molar-refractivity contribution in [2.45, 2.75) is 38.0 Å². The number of benzene rings is 1. The van der Waals surface area contributed by atoms with Gasteiger partial charge in [-0.3, -0.25) is 9.59 Å². The number of hydrogen-bond donors (Lipinski definition) is 2. The van der Waals surface area contributed by atoms with Crippen LogP contribution in [0.3, 0.4) is 0 Å². The first-order valence-corrected chi connectivity index (χ1v) is 13.5. The highest BCUT2D eigenvalue weighted by Crippen LogP contribution is 2.25. The van der Waals surface area contributed by atoms with E-state index < -0.39 is 16.0 Å². The highest BCUT2D eigenvalue weighted by Gasteiger charge is 2.32. The molecule has 1 aromatic rings. The molecule has 0 aliphatic carbocycles. The fourth-order valence-electron chi connectivity index (χ4n) is 2.99. The predicted molar refractivity (Wildman–Crippen MR) is 118 cm³/mol. The van der Waals surface area contributed by atoms with Crippen LogP contribution in [-0.2, 0) is 19.6 Å². The molecule has 0 atom stereocenters.